The van der Waals surface area contributed by atoms with Crippen LogP contribution in [0.4, 0.5) is 0 Å². The number of fused-ring (bicyclic) bond motifs is 4. The molecule has 6 nitrogen and oxygen atoms in total. The molecular weight excluding hydrogens is 1330 g/mol. The number of thiophene rings is 4. The summed E-state index contributed by atoms with van der Waals surface area (Å²) in [5.41, 5.74) is 4.26. The monoisotopic (exact) mass is 1440 g/mol. The number of thiazole rings is 4. The number of aryl methyl sites for hydroxylation is 2. The van der Waals surface area contributed by atoms with Gasteiger partial charge in [-0.15, -0.1) is 90.7 Å². The number of unbranched alkanes of at least 4 members (excludes halogenated alkanes) is 18. The lowest BCUT2D eigenvalue weighted by atomic mass is 9.91. The van der Waals surface area contributed by atoms with Crippen LogP contribution in [-0.2, 0) is 12.8 Å². The van der Waals surface area contributed by atoms with Gasteiger partial charge in [0.25, 0.3) is 0 Å². The second-order valence-corrected chi connectivity index (χ2v) is 36.9. The van der Waals surface area contributed by atoms with Crippen molar-refractivity contribution in [1.82, 2.24) is 19.9 Å². The molecule has 4 unspecified atom stereocenters. The SMILES string of the molecule is CCCCCCCCC(CCCCCC)Cc1ccc(-c2nc3c(-c4ncc(-c5cc6c(OCC(CC)CCCC)c7sc(C)cc7c(OCC(CC)CCCC)c6s5)s4)c4sc(-c5ccc(CC(CCCCCC)CCCCCCCC)s5)nc4c(-c4ncc(C)s4)c3s2)s1. The lowest BCUT2D eigenvalue weighted by molar-refractivity contribution is 0.235. The number of aromatic nitrogens is 4. The van der Waals surface area contributed by atoms with Crippen LogP contribution in [0.2, 0.25) is 0 Å². The van der Waals surface area contributed by atoms with Gasteiger partial charge in [-0.2, -0.15) is 0 Å². The molecule has 96 heavy (non-hydrogen) atoms. The van der Waals surface area contributed by atoms with E-state index in [1.807, 2.05) is 74.2 Å². The fraction of sp³-hybridized carbons (Fsp3) is 0.610. The smallest absolute Gasteiger partial charge is 0.146 e. The van der Waals surface area contributed by atoms with Gasteiger partial charge in [0.2, 0.25) is 0 Å². The van der Waals surface area contributed by atoms with Gasteiger partial charge in [0, 0.05) is 47.6 Å². The highest BCUT2D eigenvalue weighted by Gasteiger charge is 2.30. The zero-order valence-corrected chi connectivity index (χ0v) is 66.8. The summed E-state index contributed by atoms with van der Waals surface area (Å²) in [5, 5.41) is 6.51. The van der Waals surface area contributed by atoms with Crippen LogP contribution >= 0.6 is 90.7 Å². The topological polar surface area (TPSA) is 70.0 Å². The van der Waals surface area contributed by atoms with E-state index in [1.165, 1.54) is 242 Å². The quantitative estimate of drug-likeness (QED) is 0.0354. The lowest BCUT2D eigenvalue weighted by Crippen LogP contribution is -2.12. The van der Waals surface area contributed by atoms with E-state index in [0.29, 0.717) is 11.8 Å². The molecule has 0 radical (unpaired) electrons. The van der Waals surface area contributed by atoms with Gasteiger partial charge in [-0.1, -0.05) is 248 Å². The minimum Gasteiger partial charge on any atom is -0.491 e. The van der Waals surface area contributed by atoms with Gasteiger partial charge in [0.05, 0.1) is 68.8 Å². The molecule has 14 heteroatoms. The van der Waals surface area contributed by atoms with Crippen molar-refractivity contribution >= 4 is 131 Å². The molecule has 0 N–H and O–H groups in total. The fourth-order valence-corrected chi connectivity index (χ4v) is 22.9. The van der Waals surface area contributed by atoms with Crippen molar-refractivity contribution in [2.24, 2.45) is 23.7 Å². The van der Waals surface area contributed by atoms with Crippen molar-refractivity contribution in [3.63, 3.8) is 0 Å². The summed E-state index contributed by atoms with van der Waals surface area (Å²) >= 11 is 14.9. The summed E-state index contributed by atoms with van der Waals surface area (Å²) in [6.45, 7) is 24.4. The molecule has 0 fully saturated rings. The van der Waals surface area contributed by atoms with Crippen molar-refractivity contribution in [3.8, 4) is 62.2 Å². The average molecular weight is 1440 g/mol. The summed E-state index contributed by atoms with van der Waals surface area (Å²) in [6.07, 6.45) is 48.2. The van der Waals surface area contributed by atoms with Gasteiger partial charge >= 0.3 is 0 Å². The van der Waals surface area contributed by atoms with E-state index in [1.54, 1.807) is 22.7 Å². The van der Waals surface area contributed by atoms with Crippen molar-refractivity contribution < 1.29 is 9.47 Å². The average Bonchev–Trinajstić information content (AvgIpc) is 1.55. The molecule has 4 atom stereocenters. The van der Waals surface area contributed by atoms with E-state index in [2.05, 4.69) is 112 Å². The maximum atomic E-state index is 7.18. The Hall–Kier alpha value is -3.60. The molecular formula is C82H114N4O2S8. The number of nitrogens with zero attached hydrogens (tertiary/aromatic N) is 4. The molecule has 0 aliphatic rings. The van der Waals surface area contributed by atoms with Crippen LogP contribution in [0.25, 0.3) is 91.3 Å². The van der Waals surface area contributed by atoms with Crippen molar-refractivity contribution in [3.05, 3.63) is 68.3 Å². The number of benzene rings is 2. The highest BCUT2D eigenvalue weighted by molar-refractivity contribution is 7.30. The number of ether oxygens (including phenoxy) is 2. The Morgan fingerprint density at radius 1 is 0.344 bits per heavy atom. The highest BCUT2D eigenvalue weighted by Crippen LogP contribution is 2.55. The van der Waals surface area contributed by atoms with Crippen LogP contribution in [0.3, 0.4) is 0 Å². The molecule has 0 saturated heterocycles. The molecule has 0 aliphatic carbocycles. The first kappa shape index (κ1) is 75.1. The Bertz CT molecular complexity index is 3720. The first-order valence-corrected chi connectivity index (χ1v) is 44.7. The van der Waals surface area contributed by atoms with E-state index < -0.39 is 0 Å². The molecule has 0 amide bonds. The Kier molecular flexibility index (Phi) is 30.5. The maximum absolute atomic E-state index is 7.18. The largest absolute Gasteiger partial charge is 0.491 e. The summed E-state index contributed by atoms with van der Waals surface area (Å²) in [5.74, 6) is 4.50. The van der Waals surface area contributed by atoms with E-state index >= 15 is 0 Å². The molecule has 522 valence electrons. The number of hydrogen-bond donors (Lipinski definition) is 0. The van der Waals surface area contributed by atoms with Crippen molar-refractivity contribution in [2.45, 2.75) is 288 Å². The van der Waals surface area contributed by atoms with Crippen LogP contribution in [0.1, 0.15) is 280 Å². The standard InChI is InChI=1S/C82H114N4O2S8/c1-11-19-25-29-31-35-41-59(39-33-27-21-13-3)48-61-43-45-65(91-61)79-85-71-69(81-83-51-56(10)90-81)77-72(86-80(95-77)66-46-44-62(92-66)49-60(40-34-28-22-14-4)42-36-32-30-26-20-12-2)70(78(71)96-79)82-84-52-68(94-82)67-50-64-74(88-54-58(18-8)38-24-16-6)75-63(47-55(9)89-75)73(76(64)93-67)87-53-57(17-7)37-23-15-5/h43-47,50-52,57-60H,11-42,48-49,53-54H2,1-10H3. The third-order valence-corrected chi connectivity index (χ3v) is 29.1. The zero-order chi connectivity index (χ0) is 67.2. The van der Waals surface area contributed by atoms with Crippen LogP contribution in [-0.4, -0.2) is 33.1 Å². The van der Waals surface area contributed by atoms with Gasteiger partial charge in [0.1, 0.15) is 31.5 Å². The van der Waals surface area contributed by atoms with Gasteiger partial charge in [-0.05, 0) is 99.6 Å². The number of rotatable bonds is 47. The molecule has 8 heterocycles. The molecule has 0 spiro atoms. The van der Waals surface area contributed by atoms with E-state index in [9.17, 15) is 0 Å². The third kappa shape index (κ3) is 19.9. The summed E-state index contributed by atoms with van der Waals surface area (Å²) in [6, 6.07) is 14.4. The lowest BCUT2D eigenvalue weighted by Gasteiger charge is -2.19. The maximum Gasteiger partial charge on any atom is 0.146 e. The second kappa shape index (κ2) is 39.0. The van der Waals surface area contributed by atoms with Gasteiger partial charge in [-0.25, -0.2) is 19.9 Å². The summed E-state index contributed by atoms with van der Waals surface area (Å²) < 4.78 is 19.1. The van der Waals surface area contributed by atoms with E-state index in [-0.39, 0.29) is 0 Å². The second-order valence-electron chi connectivity index (χ2n) is 28.0. The van der Waals surface area contributed by atoms with Gasteiger partial charge in [0.15, 0.2) is 0 Å². The molecule has 0 aliphatic heterocycles. The normalized spacial score (nSPS) is 13.4. The highest BCUT2D eigenvalue weighted by atomic mass is 32.1. The predicted octanol–water partition coefficient (Wildman–Crippen LogP) is 30.3. The molecule has 2 aromatic carbocycles. The van der Waals surface area contributed by atoms with Crippen molar-refractivity contribution in [2.75, 3.05) is 13.2 Å². The molecule has 8 aromatic heterocycles. The molecule has 0 bridgehead atoms. The predicted molar refractivity (Wildman–Crippen MR) is 433 cm³/mol. The Labute approximate surface area is 610 Å². The number of hydrogen-bond acceptors (Lipinski definition) is 14. The Morgan fingerprint density at radius 2 is 0.760 bits per heavy atom. The third-order valence-electron chi connectivity index (χ3n) is 20.1. The Balaban J connectivity index is 1.08. The molecule has 10 aromatic rings. The van der Waals surface area contributed by atoms with E-state index in [0.717, 1.165) is 124 Å². The van der Waals surface area contributed by atoms with Crippen LogP contribution in [0.5, 0.6) is 11.5 Å². The van der Waals surface area contributed by atoms with Crippen LogP contribution in [0, 0.1) is 37.5 Å². The first-order chi connectivity index (χ1) is 47.1. The Morgan fingerprint density at radius 3 is 1.22 bits per heavy atom. The van der Waals surface area contributed by atoms with Crippen molar-refractivity contribution in [1.29, 1.82) is 0 Å². The van der Waals surface area contributed by atoms with E-state index in [4.69, 9.17) is 29.4 Å². The van der Waals surface area contributed by atoms with Gasteiger partial charge < -0.3 is 9.47 Å². The van der Waals surface area contributed by atoms with Crippen LogP contribution < -0.4 is 9.47 Å². The fourth-order valence-electron chi connectivity index (χ4n) is 14.2. The first-order valence-electron chi connectivity index (χ1n) is 38.2. The minimum absolute atomic E-state index is 0.509. The zero-order valence-electron chi connectivity index (χ0n) is 60.3. The molecule has 10 rings (SSSR count). The van der Waals surface area contributed by atoms with Crippen LogP contribution in [0.15, 0.2) is 48.8 Å². The summed E-state index contributed by atoms with van der Waals surface area (Å²) in [4.78, 5) is 32.8. The summed E-state index contributed by atoms with van der Waals surface area (Å²) in [7, 11) is 0. The minimum atomic E-state index is 0.509. The van der Waals surface area contributed by atoms with Gasteiger partial charge in [-0.3, -0.25) is 0 Å². The molecule has 0 saturated carbocycles.